The molecule has 0 aromatic heterocycles. The van der Waals surface area contributed by atoms with Crippen LogP contribution in [-0.4, -0.2) is 86.0 Å². The van der Waals surface area contributed by atoms with E-state index in [9.17, 15) is 9.59 Å². The molecule has 0 aliphatic carbocycles. The highest BCUT2D eigenvalue weighted by molar-refractivity contribution is 6.02. The van der Waals surface area contributed by atoms with Gasteiger partial charge in [0.2, 0.25) is 0 Å². The zero-order valence-electron chi connectivity index (χ0n) is 19.2. The Kier molecular flexibility index (Phi) is 7.46. The van der Waals surface area contributed by atoms with Crippen LogP contribution in [0.25, 0.3) is 11.1 Å². The molecule has 1 saturated heterocycles. The number of carbonyl (C=O) groups is 2. The summed E-state index contributed by atoms with van der Waals surface area (Å²) in [4.78, 5) is 31.9. The lowest BCUT2D eigenvalue weighted by molar-refractivity contribution is -0.0586. The SMILES string of the molecule is CC1CN(C(=O)c2cccc(-c3ccccc3C(=O)N(C)CCN(C)C)c2)CC(C)O1. The third-order valence-corrected chi connectivity index (χ3v) is 5.51. The van der Waals surface area contributed by atoms with Gasteiger partial charge in [-0.25, -0.2) is 0 Å². The number of likely N-dealkylation sites (N-methyl/N-ethyl adjacent to an activating group) is 2. The summed E-state index contributed by atoms with van der Waals surface area (Å²) in [7, 11) is 5.80. The predicted octanol–water partition coefficient (Wildman–Crippen LogP) is 3.24. The zero-order valence-corrected chi connectivity index (χ0v) is 19.2. The Bertz CT molecular complexity index is 918. The summed E-state index contributed by atoms with van der Waals surface area (Å²) in [6.07, 6.45) is 0.0406. The van der Waals surface area contributed by atoms with Crippen LogP contribution in [0.4, 0.5) is 0 Å². The maximum absolute atomic E-state index is 13.1. The summed E-state index contributed by atoms with van der Waals surface area (Å²) in [5.41, 5.74) is 2.97. The molecular formula is C25H33N3O3. The summed E-state index contributed by atoms with van der Waals surface area (Å²) >= 11 is 0. The molecule has 0 radical (unpaired) electrons. The lowest BCUT2D eigenvalue weighted by atomic mass is 9.97. The first-order valence-electron chi connectivity index (χ1n) is 10.8. The lowest BCUT2D eigenvalue weighted by Crippen LogP contribution is -2.48. The van der Waals surface area contributed by atoms with E-state index < -0.39 is 0 Å². The Morgan fingerprint density at radius 3 is 2.32 bits per heavy atom. The molecule has 0 spiro atoms. The maximum atomic E-state index is 13.1. The number of nitrogens with zero attached hydrogens (tertiary/aromatic N) is 3. The second kappa shape index (κ2) is 10.1. The van der Waals surface area contributed by atoms with Crippen LogP contribution < -0.4 is 0 Å². The average molecular weight is 424 g/mol. The third-order valence-electron chi connectivity index (χ3n) is 5.51. The normalized spacial score (nSPS) is 18.8. The van der Waals surface area contributed by atoms with E-state index in [1.807, 2.05) is 88.4 Å². The van der Waals surface area contributed by atoms with E-state index in [0.717, 1.165) is 17.7 Å². The fourth-order valence-corrected chi connectivity index (χ4v) is 3.92. The molecule has 1 aliphatic rings. The number of carbonyl (C=O) groups excluding carboxylic acids is 2. The van der Waals surface area contributed by atoms with Crippen molar-refractivity contribution in [2.45, 2.75) is 26.1 Å². The van der Waals surface area contributed by atoms with E-state index in [0.29, 0.717) is 30.8 Å². The van der Waals surface area contributed by atoms with Gasteiger partial charge >= 0.3 is 0 Å². The van der Waals surface area contributed by atoms with Crippen molar-refractivity contribution in [2.24, 2.45) is 0 Å². The van der Waals surface area contributed by atoms with E-state index in [4.69, 9.17) is 4.74 Å². The minimum absolute atomic E-state index is 0.00393. The fraction of sp³-hybridized carbons (Fsp3) is 0.440. The molecule has 3 rings (SSSR count). The number of rotatable bonds is 6. The summed E-state index contributed by atoms with van der Waals surface area (Å²) in [6.45, 7) is 6.58. The second-order valence-corrected chi connectivity index (χ2v) is 8.62. The maximum Gasteiger partial charge on any atom is 0.254 e. The van der Waals surface area contributed by atoms with Crippen molar-refractivity contribution >= 4 is 11.8 Å². The Labute approximate surface area is 185 Å². The Balaban J connectivity index is 1.86. The molecule has 6 heteroatoms. The topological polar surface area (TPSA) is 53.1 Å². The van der Waals surface area contributed by atoms with Gasteiger partial charge in [-0.15, -0.1) is 0 Å². The van der Waals surface area contributed by atoms with Gasteiger partial charge in [0.1, 0.15) is 0 Å². The number of morpholine rings is 1. The highest BCUT2D eigenvalue weighted by Crippen LogP contribution is 2.26. The average Bonchev–Trinajstić information content (AvgIpc) is 2.75. The van der Waals surface area contributed by atoms with E-state index in [2.05, 4.69) is 4.90 Å². The van der Waals surface area contributed by atoms with Gasteiger partial charge in [0, 0.05) is 44.4 Å². The Hall–Kier alpha value is -2.70. The molecule has 0 saturated carbocycles. The number of amides is 2. The second-order valence-electron chi connectivity index (χ2n) is 8.62. The molecule has 2 unspecified atom stereocenters. The quantitative estimate of drug-likeness (QED) is 0.716. The van der Waals surface area contributed by atoms with Crippen LogP contribution in [0.3, 0.4) is 0 Å². The van der Waals surface area contributed by atoms with Crippen LogP contribution in [0.2, 0.25) is 0 Å². The highest BCUT2D eigenvalue weighted by atomic mass is 16.5. The van der Waals surface area contributed by atoms with E-state index in [-0.39, 0.29) is 24.0 Å². The van der Waals surface area contributed by atoms with Crippen molar-refractivity contribution in [2.75, 3.05) is 47.3 Å². The minimum atomic E-state index is -0.0231. The lowest BCUT2D eigenvalue weighted by Gasteiger charge is -2.35. The summed E-state index contributed by atoms with van der Waals surface area (Å²) in [5, 5.41) is 0. The van der Waals surface area contributed by atoms with E-state index >= 15 is 0 Å². The molecule has 2 aromatic carbocycles. The van der Waals surface area contributed by atoms with Crippen LogP contribution in [0.15, 0.2) is 48.5 Å². The molecule has 1 heterocycles. The van der Waals surface area contributed by atoms with Crippen LogP contribution in [0, 0.1) is 0 Å². The van der Waals surface area contributed by atoms with Gasteiger partial charge in [-0.05, 0) is 57.3 Å². The molecular weight excluding hydrogens is 390 g/mol. The molecule has 0 N–H and O–H groups in total. The van der Waals surface area contributed by atoms with Crippen molar-refractivity contribution in [3.8, 4) is 11.1 Å². The van der Waals surface area contributed by atoms with Gasteiger partial charge in [0.05, 0.1) is 12.2 Å². The minimum Gasteiger partial charge on any atom is -0.372 e. The van der Waals surface area contributed by atoms with Gasteiger partial charge in [0.25, 0.3) is 11.8 Å². The first-order valence-corrected chi connectivity index (χ1v) is 10.8. The Morgan fingerprint density at radius 1 is 0.968 bits per heavy atom. The third kappa shape index (κ3) is 5.71. The summed E-state index contributed by atoms with van der Waals surface area (Å²) in [6, 6.07) is 15.1. The van der Waals surface area contributed by atoms with Crippen LogP contribution in [-0.2, 0) is 4.74 Å². The smallest absolute Gasteiger partial charge is 0.254 e. The number of hydrogen-bond donors (Lipinski definition) is 0. The Morgan fingerprint density at radius 2 is 1.65 bits per heavy atom. The van der Waals surface area contributed by atoms with Crippen molar-refractivity contribution < 1.29 is 14.3 Å². The van der Waals surface area contributed by atoms with Crippen molar-refractivity contribution in [1.29, 1.82) is 0 Å². The standard InChI is InChI=1S/C25H33N3O3/c1-18-16-28(17-19(2)31-18)24(29)21-10-8-9-20(15-21)22-11-6-7-12-23(22)25(30)27(5)14-13-26(3)4/h6-12,15,18-19H,13-14,16-17H2,1-5H3. The molecule has 1 fully saturated rings. The largest absolute Gasteiger partial charge is 0.372 e. The van der Waals surface area contributed by atoms with Crippen LogP contribution in [0.5, 0.6) is 0 Å². The fourth-order valence-electron chi connectivity index (χ4n) is 3.92. The van der Waals surface area contributed by atoms with Gasteiger partial charge in [-0.2, -0.15) is 0 Å². The van der Waals surface area contributed by atoms with Crippen molar-refractivity contribution in [1.82, 2.24) is 14.7 Å². The number of ether oxygens (including phenoxy) is 1. The van der Waals surface area contributed by atoms with Crippen LogP contribution >= 0.6 is 0 Å². The first kappa shape index (κ1) is 23.0. The first-order chi connectivity index (χ1) is 14.8. The van der Waals surface area contributed by atoms with Gasteiger partial charge in [-0.3, -0.25) is 9.59 Å². The highest BCUT2D eigenvalue weighted by Gasteiger charge is 2.27. The van der Waals surface area contributed by atoms with E-state index in [1.165, 1.54) is 0 Å². The summed E-state index contributed by atoms with van der Waals surface area (Å²) < 4.78 is 5.76. The van der Waals surface area contributed by atoms with Gasteiger partial charge < -0.3 is 19.4 Å². The molecule has 2 amide bonds. The molecule has 166 valence electrons. The number of hydrogen-bond acceptors (Lipinski definition) is 4. The molecule has 1 aliphatic heterocycles. The summed E-state index contributed by atoms with van der Waals surface area (Å²) in [5.74, 6) is -0.0271. The molecule has 2 aromatic rings. The van der Waals surface area contributed by atoms with Crippen molar-refractivity contribution in [3.05, 3.63) is 59.7 Å². The van der Waals surface area contributed by atoms with Gasteiger partial charge in [-0.1, -0.05) is 30.3 Å². The number of benzene rings is 2. The molecule has 6 nitrogen and oxygen atoms in total. The molecule has 2 atom stereocenters. The monoisotopic (exact) mass is 423 g/mol. The van der Waals surface area contributed by atoms with Crippen molar-refractivity contribution in [3.63, 3.8) is 0 Å². The zero-order chi connectivity index (χ0) is 22.5. The molecule has 0 bridgehead atoms. The van der Waals surface area contributed by atoms with Crippen LogP contribution in [0.1, 0.15) is 34.6 Å². The molecule has 31 heavy (non-hydrogen) atoms. The van der Waals surface area contributed by atoms with Gasteiger partial charge in [0.15, 0.2) is 0 Å². The predicted molar refractivity (Wildman–Crippen MR) is 123 cm³/mol. The van der Waals surface area contributed by atoms with E-state index in [1.54, 1.807) is 4.90 Å².